The number of aromatic amines is 7. The summed E-state index contributed by atoms with van der Waals surface area (Å²) in [6.07, 6.45) is 4.48. The van der Waals surface area contributed by atoms with Crippen LogP contribution in [0, 0.1) is 0 Å². The minimum atomic E-state index is -1.20. The molecule has 34 N–H and O–H groups in total. The van der Waals surface area contributed by atoms with Crippen LogP contribution in [-0.2, 0) is 60.1 Å². The molecule has 0 radical (unpaired) electrons. The first-order valence-corrected chi connectivity index (χ1v) is 40.9. The monoisotopic (exact) mass is 1880 g/mol. The number of hydrogen-bond donors (Lipinski definition) is 25. The Morgan fingerprint density at radius 2 is 0.593 bits per heavy atom. The maximum atomic E-state index is 13.0. The molecule has 0 bridgehead atoms. The smallest absolute Gasteiger partial charge is 0.351 e. The van der Waals surface area contributed by atoms with Crippen molar-refractivity contribution in [2.75, 3.05) is 161 Å². The van der Waals surface area contributed by atoms with Crippen molar-refractivity contribution in [1.29, 1.82) is 0 Å². The molecular formula is C72H97N45O18. The van der Waals surface area contributed by atoms with Crippen molar-refractivity contribution in [3.8, 4) is 0 Å². The van der Waals surface area contributed by atoms with Gasteiger partial charge < -0.3 is 104 Å². The quantitative estimate of drug-likeness (QED) is 0.00963. The van der Waals surface area contributed by atoms with E-state index in [0.29, 0.717) is 25.1 Å². The van der Waals surface area contributed by atoms with E-state index in [1.54, 1.807) is 4.90 Å². The van der Waals surface area contributed by atoms with Crippen molar-refractivity contribution in [3.63, 3.8) is 0 Å². The number of aliphatic imine (C=N–C) groups is 1. The lowest BCUT2D eigenvalue weighted by Crippen LogP contribution is -2.47. The molecule has 0 aliphatic rings. The maximum Gasteiger partial charge on any atom is 0.351 e. The topological polar surface area (TPSA) is 953 Å². The molecule has 0 saturated carbocycles. The summed E-state index contributed by atoms with van der Waals surface area (Å²) in [4.78, 5) is 270. The minimum Gasteiger partial charge on any atom is -0.480 e. The van der Waals surface area contributed by atoms with Crippen molar-refractivity contribution in [2.24, 2.45) is 22.2 Å². The summed E-state index contributed by atoms with van der Waals surface area (Å²) >= 11 is 0. The van der Waals surface area contributed by atoms with Crippen LogP contribution in [0.2, 0.25) is 0 Å². The largest absolute Gasteiger partial charge is 0.480 e. The summed E-state index contributed by atoms with van der Waals surface area (Å²) < 4.78 is 6.66. The summed E-state index contributed by atoms with van der Waals surface area (Å²) in [6.45, 7) is -0.971. The fourth-order valence-corrected chi connectivity index (χ4v) is 14.6. The number of carbonyl (C=O) groups is 3. The molecule has 0 fully saturated rings. The number of nitrogen functional groups attached to an aromatic ring is 6. The van der Waals surface area contributed by atoms with E-state index < -0.39 is 104 Å². The molecule has 13 aromatic rings. The van der Waals surface area contributed by atoms with E-state index in [4.69, 9.17) is 51.6 Å². The van der Waals surface area contributed by atoms with Gasteiger partial charge in [-0.05, 0) is 32.2 Å². The number of nitrogens with two attached hydrogens (primary N) is 9. The first-order valence-electron chi connectivity index (χ1n) is 40.9. The molecular weight excluding hydrogens is 1780 g/mol. The normalized spacial score (nSPS) is 12.1. The number of rotatable bonds is 40. The number of nitrogens with zero attached hydrogens (tertiary/aromatic N) is 23. The van der Waals surface area contributed by atoms with Gasteiger partial charge in [0.05, 0.1) is 6.33 Å². The summed E-state index contributed by atoms with van der Waals surface area (Å²) in [5.41, 5.74) is 43.1. The van der Waals surface area contributed by atoms with Crippen LogP contribution < -0.4 is 151 Å². The first kappa shape index (κ1) is 98.1. The number of carboxylic acid groups (broad SMARTS) is 3. The number of aliphatic carboxylic acids is 3. The van der Waals surface area contributed by atoms with Gasteiger partial charge in [-0.15, -0.1) is 0 Å². The number of aromatic nitrogens is 26. The fourth-order valence-electron chi connectivity index (χ4n) is 14.6. The molecule has 13 heterocycles. The second-order valence-corrected chi connectivity index (χ2v) is 29.5. The average molecular weight is 1880 g/mol. The van der Waals surface area contributed by atoms with Crippen LogP contribution in [0.3, 0.4) is 0 Å². The second kappa shape index (κ2) is 42.8. The van der Waals surface area contributed by atoms with E-state index in [0.717, 1.165) is 27.4 Å². The lowest BCUT2D eigenvalue weighted by Gasteiger charge is -2.29. The third kappa shape index (κ3) is 22.0. The van der Waals surface area contributed by atoms with Crippen LogP contribution in [0.5, 0.6) is 0 Å². The van der Waals surface area contributed by atoms with E-state index in [1.165, 1.54) is 64.6 Å². The van der Waals surface area contributed by atoms with Crippen molar-refractivity contribution in [2.45, 2.75) is 95.9 Å². The number of nitrogens with one attached hydrogen (secondary N) is 13. The fraction of sp³-hybridized carbons (Fsp3) is 0.403. The average Bonchev–Trinajstić information content (AvgIpc) is 0.820. The predicted molar refractivity (Wildman–Crippen MR) is 494 cm³/mol. The van der Waals surface area contributed by atoms with Gasteiger partial charge in [0.1, 0.15) is 85.4 Å². The Hall–Kier alpha value is -17.5. The van der Waals surface area contributed by atoms with Crippen LogP contribution in [0.25, 0.3) is 66.2 Å². The van der Waals surface area contributed by atoms with Gasteiger partial charge in [-0.25, -0.2) is 33.8 Å². The molecule has 0 aromatic carbocycles. The lowest BCUT2D eigenvalue weighted by atomic mass is 10.1. The van der Waals surface area contributed by atoms with E-state index in [1.807, 2.05) is 0 Å². The Balaban J connectivity index is 0.000000195. The molecule has 135 heavy (non-hydrogen) atoms. The van der Waals surface area contributed by atoms with E-state index in [-0.39, 0.29) is 254 Å². The molecule has 0 amide bonds. The van der Waals surface area contributed by atoms with E-state index in [9.17, 15) is 87.2 Å². The Morgan fingerprint density at radius 3 is 0.793 bits per heavy atom. The van der Waals surface area contributed by atoms with Crippen LogP contribution in [0.4, 0.5) is 70.6 Å². The van der Waals surface area contributed by atoms with Gasteiger partial charge >= 0.3 is 52.0 Å². The number of anilines is 12. The van der Waals surface area contributed by atoms with Gasteiger partial charge in [0, 0.05) is 146 Å². The Kier molecular flexibility index (Phi) is 31.1. The molecule has 0 spiro atoms. The SMILES string of the molecule is CNc1nc2c(c(N)nc(=O)n2CCN(CCn2c(=O)nc(N)c3c(=O)[nH]c(NC)nc32)[C@@H](CCCCN)C(=O)O)c(=O)[nH]1.CNc1nc2c(c(N)nc(=O)n2CCN(CCn2c(=O)nc(N)c3c(=O)[nH]c(NC)nc32)[C@@H](CCCN=C(N)N)C(=O)O)c(=O)[nH]1.CNc1nc2c(c(N)nc(=O)n2CCN(CCn2c(=O)nc(N)c3c(=O)[nH]c(NC)nc32)[C@@H](Cc2cnc[nH]2)C(=O)O)c(=O)[nH]1. The standard InChI is InChI=1S/C24H34N16O6.C24H29N15O6.C24H34N14O6/c1-29-21-34-15-11(17(41)36-21)13(25)32-23(45)39(15)8-6-38(10(19(43)44)4-3-5-31-20(27)28)7-9-40-16-12(14(26)33-24(40)46)18(42)37-22(30-2)35-16;1-27-21-33-16-12(18(40)35-21)14(25)31-23(44)38(16)5-3-37(11(20(42)43)7-10-8-29-9-30-10)4-6-39-17-13(15(26)32-24(39)45)19(41)36-22(28-2)34-17;1-28-21-32-16-12(18(39)34-21)14(26)30-23(43)37(16)9-7-36(11(20(41)42)5-3-4-6-25)8-10-38-17-13(15(27)31-24(38)44)19(40)35-22(29-2)33-17/h10H,3-9H2,1-2H3,(H,43,44)(H2,25,32,45)(H2,26,33,46)(H4,27,28,31)(H2,29,34,36,41)(H2,30,35,37,42);8-9,11H,3-7H2,1-2H3,(H,29,30)(H,42,43)(H2,25,31,44)(H2,26,32,45)(H2,27,33,35,40)(H2,28,34,36,41);11H,3-10,25H2,1-2H3,(H,41,42)(H2,26,30,43)(H2,27,31,44)(H2,28,32,34,39)(H2,29,33,35,40)/t10-;2*11-/m000/s1. The Labute approximate surface area is 751 Å². The van der Waals surface area contributed by atoms with Crippen molar-refractivity contribution < 1.29 is 29.7 Å². The molecule has 13 aromatic heterocycles. The van der Waals surface area contributed by atoms with Crippen LogP contribution >= 0.6 is 0 Å². The molecule has 3 atom stereocenters. The van der Waals surface area contributed by atoms with Gasteiger partial charge in [0.15, 0.2) is 39.8 Å². The van der Waals surface area contributed by atoms with Crippen LogP contribution in [0.1, 0.15) is 37.8 Å². The van der Waals surface area contributed by atoms with Crippen LogP contribution in [0.15, 0.2) is 75.1 Å². The van der Waals surface area contributed by atoms with E-state index in [2.05, 4.69) is 137 Å². The number of carboxylic acids is 3. The number of fused-ring (bicyclic) bond motifs is 6. The lowest BCUT2D eigenvalue weighted by molar-refractivity contribution is -0.144. The summed E-state index contributed by atoms with van der Waals surface area (Å²) in [5.74, 6) is -5.17. The van der Waals surface area contributed by atoms with Gasteiger partial charge in [0.2, 0.25) is 35.7 Å². The molecule has 0 aliphatic carbocycles. The molecule has 63 nitrogen and oxygen atoms in total. The highest BCUT2D eigenvalue weighted by Gasteiger charge is 2.33. The highest BCUT2D eigenvalue weighted by molar-refractivity contribution is 5.89. The zero-order chi connectivity index (χ0) is 98.2. The van der Waals surface area contributed by atoms with Gasteiger partial charge in [0.25, 0.3) is 33.4 Å². The second-order valence-electron chi connectivity index (χ2n) is 29.5. The predicted octanol–water partition coefficient (Wildman–Crippen LogP) is -9.92. The summed E-state index contributed by atoms with van der Waals surface area (Å²) in [6, 6.07) is -3.40. The number of unbranched alkanes of at least 4 members (excludes halogenated alkanes) is 1. The number of H-pyrrole nitrogens is 7. The molecule has 0 saturated heterocycles. The number of imidazole rings is 1. The Morgan fingerprint density at radius 1 is 0.363 bits per heavy atom. The number of guanidine groups is 1. The van der Waals surface area contributed by atoms with Crippen LogP contribution in [-0.4, -0.2) is 294 Å². The van der Waals surface area contributed by atoms with Gasteiger partial charge in [-0.2, -0.15) is 59.8 Å². The number of hydrogen-bond acceptors (Lipinski definition) is 45. The van der Waals surface area contributed by atoms with Crippen molar-refractivity contribution >= 4 is 161 Å². The minimum absolute atomic E-state index is 0.0236. The zero-order valence-corrected chi connectivity index (χ0v) is 73.0. The zero-order valence-electron chi connectivity index (χ0n) is 73.0. The van der Waals surface area contributed by atoms with Crippen molar-refractivity contribution in [1.82, 2.24) is 142 Å². The van der Waals surface area contributed by atoms with Crippen molar-refractivity contribution in [3.05, 3.63) is 143 Å². The van der Waals surface area contributed by atoms with Gasteiger partial charge in [-0.3, -0.25) is 120 Å². The molecule has 13 rings (SSSR count). The Bertz CT molecular complexity index is 7120. The third-order valence-corrected chi connectivity index (χ3v) is 21.2. The van der Waals surface area contributed by atoms with E-state index >= 15 is 0 Å². The first-order chi connectivity index (χ1) is 64.4. The maximum absolute atomic E-state index is 13.0. The molecule has 0 unspecified atom stereocenters. The summed E-state index contributed by atoms with van der Waals surface area (Å²) in [5, 5.41) is 46.2. The molecule has 63 heteroatoms. The highest BCUT2D eigenvalue weighted by Crippen LogP contribution is 2.22. The van der Waals surface area contributed by atoms with Gasteiger partial charge in [-0.1, -0.05) is 6.42 Å². The third-order valence-electron chi connectivity index (χ3n) is 21.2. The molecule has 0 aliphatic heterocycles. The molecule has 718 valence electrons. The highest BCUT2D eigenvalue weighted by atomic mass is 16.4. The summed E-state index contributed by atoms with van der Waals surface area (Å²) in [7, 11) is 9.11.